The lowest BCUT2D eigenvalue weighted by molar-refractivity contribution is 0.368. The highest BCUT2D eigenvalue weighted by atomic mass is 35.5. The molecule has 2 aliphatic carbocycles. The molecule has 0 radical (unpaired) electrons. The van der Waals surface area contributed by atoms with Gasteiger partial charge in [0.15, 0.2) is 5.82 Å². The van der Waals surface area contributed by atoms with Crippen molar-refractivity contribution in [3.8, 4) is 0 Å². The van der Waals surface area contributed by atoms with Crippen molar-refractivity contribution in [3.63, 3.8) is 0 Å². The lowest BCUT2D eigenvalue weighted by atomic mass is 10.0. The first-order chi connectivity index (χ1) is 7.27. The number of nitrogens with zero attached hydrogens (tertiary/aromatic N) is 2. The van der Waals surface area contributed by atoms with Gasteiger partial charge in [0.2, 0.25) is 5.89 Å². The first kappa shape index (κ1) is 9.64. The molecule has 2 fully saturated rings. The molecule has 0 amide bonds. The maximum absolute atomic E-state index is 5.91. The molecule has 1 aromatic heterocycles. The second-order valence-corrected chi connectivity index (χ2v) is 5.40. The van der Waals surface area contributed by atoms with E-state index in [1.54, 1.807) is 0 Å². The Morgan fingerprint density at radius 1 is 1.33 bits per heavy atom. The molecule has 3 atom stereocenters. The average molecular weight is 227 g/mol. The maximum Gasteiger partial charge on any atom is 0.230 e. The van der Waals surface area contributed by atoms with Gasteiger partial charge in [0, 0.05) is 5.92 Å². The molecule has 0 bridgehead atoms. The molecule has 3 rings (SSSR count). The van der Waals surface area contributed by atoms with Gasteiger partial charge in [0.25, 0.3) is 0 Å². The molecular weight excluding hydrogens is 212 g/mol. The number of halogens is 1. The zero-order valence-corrected chi connectivity index (χ0v) is 9.57. The van der Waals surface area contributed by atoms with E-state index in [0.29, 0.717) is 11.7 Å². The summed E-state index contributed by atoms with van der Waals surface area (Å²) >= 11 is 5.91. The highest BCUT2D eigenvalue weighted by molar-refractivity contribution is 6.20. The van der Waals surface area contributed by atoms with Crippen LogP contribution in [0.1, 0.15) is 55.6 Å². The number of rotatable bonds is 2. The predicted octanol–water partition coefficient (Wildman–Crippen LogP) is 3.27. The minimum Gasteiger partial charge on any atom is -0.339 e. The second-order valence-electron chi connectivity index (χ2n) is 4.74. The van der Waals surface area contributed by atoms with Crippen LogP contribution in [-0.2, 0) is 0 Å². The molecule has 1 aromatic rings. The normalized spacial score (nSPS) is 36.0. The van der Waals surface area contributed by atoms with Crippen LogP contribution in [0.4, 0.5) is 0 Å². The Morgan fingerprint density at radius 3 is 2.53 bits per heavy atom. The van der Waals surface area contributed by atoms with Crippen molar-refractivity contribution in [2.24, 2.45) is 11.8 Å². The number of alkyl halides is 1. The Morgan fingerprint density at radius 2 is 2.00 bits per heavy atom. The molecule has 4 heteroatoms. The Balaban J connectivity index is 1.77. The third-order valence-electron chi connectivity index (χ3n) is 3.75. The van der Waals surface area contributed by atoms with Crippen molar-refractivity contribution in [1.82, 2.24) is 10.1 Å². The summed E-state index contributed by atoms with van der Waals surface area (Å²) in [5.74, 6) is 3.64. The average Bonchev–Trinajstić information content (AvgIpc) is 2.75. The Hall–Kier alpha value is -0.570. The monoisotopic (exact) mass is 226 g/mol. The lowest BCUT2D eigenvalue weighted by Crippen LogP contribution is -1.91. The molecule has 0 N–H and O–H groups in total. The first-order valence-corrected chi connectivity index (χ1v) is 6.18. The van der Waals surface area contributed by atoms with Crippen molar-refractivity contribution in [2.45, 2.75) is 43.9 Å². The van der Waals surface area contributed by atoms with Crippen LogP contribution in [0.25, 0.3) is 0 Å². The van der Waals surface area contributed by atoms with Gasteiger partial charge in [-0.3, -0.25) is 0 Å². The molecule has 0 spiro atoms. The highest BCUT2D eigenvalue weighted by Gasteiger charge is 2.54. The van der Waals surface area contributed by atoms with Crippen molar-refractivity contribution in [3.05, 3.63) is 11.7 Å². The van der Waals surface area contributed by atoms with E-state index in [9.17, 15) is 0 Å². The number of hydrogen-bond acceptors (Lipinski definition) is 3. The zero-order chi connectivity index (χ0) is 10.4. The zero-order valence-electron chi connectivity index (χ0n) is 8.82. The van der Waals surface area contributed by atoms with Crippen molar-refractivity contribution in [1.29, 1.82) is 0 Å². The van der Waals surface area contributed by atoms with Gasteiger partial charge in [-0.05, 0) is 31.6 Å². The Labute approximate surface area is 94.2 Å². The minimum absolute atomic E-state index is 0.150. The van der Waals surface area contributed by atoms with E-state index in [4.69, 9.17) is 16.1 Å². The summed E-state index contributed by atoms with van der Waals surface area (Å²) in [4.78, 5) is 4.39. The van der Waals surface area contributed by atoms with Crippen LogP contribution in [0.3, 0.4) is 0 Å². The van der Waals surface area contributed by atoms with Crippen molar-refractivity contribution >= 4 is 11.6 Å². The summed E-state index contributed by atoms with van der Waals surface area (Å²) in [7, 11) is 0. The van der Waals surface area contributed by atoms with Gasteiger partial charge in [-0.1, -0.05) is 18.0 Å². The fourth-order valence-corrected chi connectivity index (χ4v) is 2.99. The SMILES string of the molecule is CC(Cl)c1noc(C2C3CCCCC32)n1. The van der Waals surface area contributed by atoms with Gasteiger partial charge >= 0.3 is 0 Å². The van der Waals surface area contributed by atoms with E-state index in [1.165, 1.54) is 25.7 Å². The highest BCUT2D eigenvalue weighted by Crippen LogP contribution is 2.60. The topological polar surface area (TPSA) is 38.9 Å². The molecule has 82 valence electrons. The number of fused-ring (bicyclic) bond motifs is 1. The summed E-state index contributed by atoms with van der Waals surface area (Å²) < 4.78 is 5.30. The van der Waals surface area contributed by atoms with Gasteiger partial charge in [0.1, 0.15) is 0 Å². The van der Waals surface area contributed by atoms with E-state index in [1.807, 2.05) is 6.92 Å². The Kier molecular flexibility index (Phi) is 2.23. The molecule has 2 saturated carbocycles. The fraction of sp³-hybridized carbons (Fsp3) is 0.818. The lowest BCUT2D eigenvalue weighted by Gasteiger charge is -2.04. The molecule has 1 heterocycles. The van der Waals surface area contributed by atoms with E-state index in [2.05, 4.69) is 10.1 Å². The largest absolute Gasteiger partial charge is 0.339 e. The summed E-state index contributed by atoms with van der Waals surface area (Å²) in [6.07, 6.45) is 5.40. The quantitative estimate of drug-likeness (QED) is 0.727. The van der Waals surface area contributed by atoms with E-state index >= 15 is 0 Å². The van der Waals surface area contributed by atoms with Crippen molar-refractivity contribution < 1.29 is 4.52 Å². The molecule has 3 unspecified atom stereocenters. The van der Waals surface area contributed by atoms with Crippen molar-refractivity contribution in [2.75, 3.05) is 0 Å². The molecular formula is C11H15ClN2O. The fourth-order valence-electron chi connectivity index (χ4n) is 2.90. The summed E-state index contributed by atoms with van der Waals surface area (Å²) in [5.41, 5.74) is 0. The van der Waals surface area contributed by atoms with E-state index < -0.39 is 0 Å². The van der Waals surface area contributed by atoms with Gasteiger partial charge in [-0.25, -0.2) is 0 Å². The molecule has 2 aliphatic rings. The Bertz CT molecular complexity index is 351. The van der Waals surface area contributed by atoms with Gasteiger partial charge < -0.3 is 4.52 Å². The second kappa shape index (κ2) is 3.48. The van der Waals surface area contributed by atoms with Crippen LogP contribution >= 0.6 is 11.6 Å². The van der Waals surface area contributed by atoms with Crippen LogP contribution in [0.5, 0.6) is 0 Å². The van der Waals surface area contributed by atoms with Crippen LogP contribution in [-0.4, -0.2) is 10.1 Å². The molecule has 3 nitrogen and oxygen atoms in total. The first-order valence-electron chi connectivity index (χ1n) is 5.75. The third kappa shape index (κ3) is 1.57. The van der Waals surface area contributed by atoms with Crippen LogP contribution in [0.15, 0.2) is 4.52 Å². The van der Waals surface area contributed by atoms with Crippen LogP contribution in [0, 0.1) is 11.8 Å². The van der Waals surface area contributed by atoms with Gasteiger partial charge in [-0.15, -0.1) is 11.6 Å². The predicted molar refractivity (Wildman–Crippen MR) is 56.8 cm³/mol. The standard InChI is InChI=1S/C11H15ClN2O/c1-6(12)10-13-11(15-14-10)9-7-4-2-3-5-8(7)9/h6-9H,2-5H2,1H3. The summed E-state index contributed by atoms with van der Waals surface area (Å²) in [5, 5.41) is 3.77. The maximum atomic E-state index is 5.91. The van der Waals surface area contributed by atoms with Crippen LogP contribution in [0.2, 0.25) is 0 Å². The minimum atomic E-state index is -0.150. The molecule has 15 heavy (non-hydrogen) atoms. The van der Waals surface area contributed by atoms with E-state index in [-0.39, 0.29) is 5.38 Å². The molecule has 0 saturated heterocycles. The van der Waals surface area contributed by atoms with Crippen LogP contribution < -0.4 is 0 Å². The summed E-state index contributed by atoms with van der Waals surface area (Å²) in [6.45, 7) is 1.87. The van der Waals surface area contributed by atoms with Gasteiger partial charge in [0.05, 0.1) is 5.38 Å². The number of aromatic nitrogens is 2. The van der Waals surface area contributed by atoms with Gasteiger partial charge in [-0.2, -0.15) is 4.98 Å². The van der Waals surface area contributed by atoms with E-state index in [0.717, 1.165) is 17.7 Å². The smallest absolute Gasteiger partial charge is 0.230 e. The number of hydrogen-bond donors (Lipinski definition) is 0. The molecule has 0 aliphatic heterocycles. The third-order valence-corrected chi connectivity index (χ3v) is 3.95. The molecule has 0 aromatic carbocycles. The summed E-state index contributed by atoms with van der Waals surface area (Å²) in [6, 6.07) is 0.